The van der Waals surface area contributed by atoms with Crippen molar-refractivity contribution < 1.29 is 4.79 Å². The number of hydrogen-bond acceptors (Lipinski definition) is 4. The predicted octanol–water partition coefficient (Wildman–Crippen LogP) is 3.48. The van der Waals surface area contributed by atoms with Crippen molar-refractivity contribution in [3.63, 3.8) is 0 Å². The smallest absolute Gasteiger partial charge is 0.233 e. The van der Waals surface area contributed by atoms with Crippen molar-refractivity contribution in [3.05, 3.63) is 35.7 Å². The molecule has 6 heteroatoms. The third-order valence-electron chi connectivity index (χ3n) is 4.60. The van der Waals surface area contributed by atoms with Gasteiger partial charge in [-0.2, -0.15) is 0 Å². The third kappa shape index (κ3) is 4.24. The van der Waals surface area contributed by atoms with E-state index in [1.165, 1.54) is 23.7 Å². The third-order valence-corrected chi connectivity index (χ3v) is 5.52. The summed E-state index contributed by atoms with van der Waals surface area (Å²) in [6.07, 6.45) is 1.21. The Labute approximate surface area is 153 Å². The number of benzene rings is 1. The van der Waals surface area contributed by atoms with Gasteiger partial charge in [0.05, 0.1) is 5.75 Å². The molecule has 1 aliphatic rings. The topological polar surface area (TPSA) is 51.0 Å². The molecule has 2 atom stereocenters. The number of aryl methyl sites for hydroxylation is 2. The van der Waals surface area contributed by atoms with E-state index in [9.17, 15) is 4.79 Å². The van der Waals surface area contributed by atoms with Gasteiger partial charge in [-0.15, -0.1) is 10.2 Å². The highest BCUT2D eigenvalue weighted by molar-refractivity contribution is 7.99. The summed E-state index contributed by atoms with van der Waals surface area (Å²) in [6, 6.07) is 8.25. The van der Waals surface area contributed by atoms with E-state index >= 15 is 0 Å². The number of amides is 1. The first-order valence-corrected chi connectivity index (χ1v) is 9.82. The summed E-state index contributed by atoms with van der Waals surface area (Å²) in [7, 11) is 0. The number of rotatable bonds is 4. The number of likely N-dealkylation sites (tertiary alicyclic amines) is 1. The molecule has 3 rings (SSSR count). The Hall–Kier alpha value is -1.82. The molecule has 0 radical (unpaired) electrons. The van der Waals surface area contributed by atoms with Crippen LogP contribution >= 0.6 is 11.8 Å². The lowest BCUT2D eigenvalue weighted by Crippen LogP contribution is -2.43. The number of aromatic nitrogens is 3. The van der Waals surface area contributed by atoms with Crippen molar-refractivity contribution in [1.29, 1.82) is 0 Å². The molecule has 1 fully saturated rings. The van der Waals surface area contributed by atoms with Crippen LogP contribution in [0.25, 0.3) is 5.69 Å². The van der Waals surface area contributed by atoms with Gasteiger partial charge in [0.2, 0.25) is 5.91 Å². The zero-order chi connectivity index (χ0) is 18.0. The molecule has 0 N–H and O–H groups in total. The van der Waals surface area contributed by atoms with Gasteiger partial charge in [0.15, 0.2) is 5.16 Å². The van der Waals surface area contributed by atoms with Gasteiger partial charge < -0.3 is 4.90 Å². The second kappa shape index (κ2) is 7.60. The number of carbonyl (C=O) groups excluding carboxylic acids is 1. The minimum atomic E-state index is 0.194. The molecule has 1 aliphatic heterocycles. The Bertz CT molecular complexity index is 748. The Kier molecular flexibility index (Phi) is 5.47. The van der Waals surface area contributed by atoms with Crippen LogP contribution in [0.15, 0.2) is 29.4 Å². The maximum atomic E-state index is 12.6. The monoisotopic (exact) mass is 358 g/mol. The summed E-state index contributed by atoms with van der Waals surface area (Å²) in [5, 5.41) is 9.25. The number of hydrogen-bond donors (Lipinski definition) is 0. The molecular formula is C19H26N4OS. The molecule has 2 aromatic rings. The number of thioether (sulfide) groups is 1. The second-order valence-electron chi connectivity index (χ2n) is 7.24. The van der Waals surface area contributed by atoms with Gasteiger partial charge in [0.25, 0.3) is 0 Å². The first-order chi connectivity index (χ1) is 11.9. The fourth-order valence-electron chi connectivity index (χ4n) is 3.58. The van der Waals surface area contributed by atoms with Gasteiger partial charge in [0.1, 0.15) is 5.82 Å². The maximum Gasteiger partial charge on any atom is 0.233 e. The van der Waals surface area contributed by atoms with Crippen LogP contribution in [0.4, 0.5) is 0 Å². The van der Waals surface area contributed by atoms with Gasteiger partial charge in [0, 0.05) is 18.8 Å². The van der Waals surface area contributed by atoms with E-state index in [1.807, 2.05) is 28.5 Å². The lowest BCUT2D eigenvalue weighted by atomic mass is 9.92. The molecule has 25 heavy (non-hydrogen) atoms. The highest BCUT2D eigenvalue weighted by atomic mass is 32.2. The van der Waals surface area contributed by atoms with Crippen LogP contribution in [0.2, 0.25) is 0 Å². The van der Waals surface area contributed by atoms with Crippen LogP contribution in [0.3, 0.4) is 0 Å². The van der Waals surface area contributed by atoms with E-state index in [0.717, 1.165) is 29.8 Å². The molecule has 1 amide bonds. The highest BCUT2D eigenvalue weighted by Gasteiger charge is 2.25. The van der Waals surface area contributed by atoms with Gasteiger partial charge in [-0.05, 0) is 49.8 Å². The zero-order valence-electron chi connectivity index (χ0n) is 15.4. The summed E-state index contributed by atoms with van der Waals surface area (Å²) in [5.41, 5.74) is 2.23. The van der Waals surface area contributed by atoms with Gasteiger partial charge in [-0.1, -0.05) is 37.7 Å². The summed E-state index contributed by atoms with van der Waals surface area (Å²) >= 11 is 1.47. The van der Waals surface area contributed by atoms with Gasteiger partial charge >= 0.3 is 0 Å². The molecule has 0 aliphatic carbocycles. The SMILES string of the molecule is Cc1cccc(-n2c(C)nnc2SCC(=O)N2CC(C)CC(C)C2)c1. The van der Waals surface area contributed by atoms with Crippen molar-refractivity contribution in [1.82, 2.24) is 19.7 Å². The Balaban J connectivity index is 1.71. The van der Waals surface area contributed by atoms with E-state index < -0.39 is 0 Å². The van der Waals surface area contributed by atoms with Crippen LogP contribution in [0.5, 0.6) is 0 Å². The number of piperidine rings is 1. The van der Waals surface area contributed by atoms with Gasteiger partial charge in [-0.3, -0.25) is 9.36 Å². The lowest BCUT2D eigenvalue weighted by Gasteiger charge is -2.34. The van der Waals surface area contributed by atoms with Crippen molar-refractivity contribution >= 4 is 17.7 Å². The molecule has 134 valence electrons. The molecule has 0 spiro atoms. The van der Waals surface area contributed by atoms with Crippen molar-refractivity contribution in [3.8, 4) is 5.69 Å². The molecule has 2 unspecified atom stereocenters. The van der Waals surface area contributed by atoms with Crippen molar-refractivity contribution in [2.45, 2.75) is 39.3 Å². The average Bonchev–Trinajstić information content (AvgIpc) is 2.92. The molecule has 0 bridgehead atoms. The van der Waals surface area contributed by atoms with E-state index in [1.54, 1.807) is 0 Å². The van der Waals surface area contributed by atoms with Crippen LogP contribution in [-0.4, -0.2) is 44.4 Å². The number of nitrogens with zero attached hydrogens (tertiary/aromatic N) is 4. The Morgan fingerprint density at radius 2 is 1.92 bits per heavy atom. The molecule has 2 heterocycles. The molecule has 1 aromatic carbocycles. The fraction of sp³-hybridized carbons (Fsp3) is 0.526. The molecule has 1 aromatic heterocycles. The summed E-state index contributed by atoms with van der Waals surface area (Å²) < 4.78 is 2.02. The summed E-state index contributed by atoms with van der Waals surface area (Å²) in [5.74, 6) is 2.59. The standard InChI is InChI=1S/C19H26N4OS/c1-13-6-5-7-17(9-13)23-16(4)20-21-19(23)25-12-18(24)22-10-14(2)8-15(3)11-22/h5-7,9,14-15H,8,10-12H2,1-4H3. The molecule has 5 nitrogen and oxygen atoms in total. The molecule has 0 saturated carbocycles. The van der Waals surface area contributed by atoms with E-state index in [0.29, 0.717) is 17.6 Å². The van der Waals surface area contributed by atoms with Crippen LogP contribution in [-0.2, 0) is 4.79 Å². The van der Waals surface area contributed by atoms with Gasteiger partial charge in [-0.25, -0.2) is 0 Å². The normalized spacial score (nSPS) is 20.7. The van der Waals surface area contributed by atoms with Crippen LogP contribution in [0, 0.1) is 25.7 Å². The second-order valence-corrected chi connectivity index (χ2v) is 8.18. The fourth-order valence-corrected chi connectivity index (χ4v) is 4.49. The van der Waals surface area contributed by atoms with Crippen molar-refractivity contribution in [2.24, 2.45) is 11.8 Å². The largest absolute Gasteiger partial charge is 0.341 e. The molecular weight excluding hydrogens is 332 g/mol. The summed E-state index contributed by atoms with van der Waals surface area (Å²) in [6.45, 7) is 10.2. The Morgan fingerprint density at radius 1 is 1.20 bits per heavy atom. The summed E-state index contributed by atoms with van der Waals surface area (Å²) in [4.78, 5) is 14.6. The minimum Gasteiger partial charge on any atom is -0.341 e. The zero-order valence-corrected chi connectivity index (χ0v) is 16.2. The minimum absolute atomic E-state index is 0.194. The van der Waals surface area contributed by atoms with Crippen molar-refractivity contribution in [2.75, 3.05) is 18.8 Å². The van der Waals surface area contributed by atoms with E-state index in [2.05, 4.69) is 43.1 Å². The predicted molar refractivity (Wildman–Crippen MR) is 101 cm³/mol. The van der Waals surface area contributed by atoms with Crippen LogP contribution in [0.1, 0.15) is 31.7 Å². The number of carbonyl (C=O) groups is 1. The van der Waals surface area contributed by atoms with E-state index in [4.69, 9.17) is 0 Å². The Morgan fingerprint density at radius 3 is 2.60 bits per heavy atom. The lowest BCUT2D eigenvalue weighted by molar-refractivity contribution is -0.130. The quantitative estimate of drug-likeness (QED) is 0.785. The molecule has 1 saturated heterocycles. The average molecular weight is 359 g/mol. The highest BCUT2D eigenvalue weighted by Crippen LogP contribution is 2.25. The first-order valence-electron chi connectivity index (χ1n) is 8.83. The van der Waals surface area contributed by atoms with E-state index in [-0.39, 0.29) is 5.91 Å². The maximum absolute atomic E-state index is 12.6. The first kappa shape index (κ1) is 18.0. The van der Waals surface area contributed by atoms with Crippen LogP contribution < -0.4 is 0 Å².